The third kappa shape index (κ3) is 3.70. The Labute approximate surface area is 114 Å². The van der Waals surface area contributed by atoms with Crippen molar-refractivity contribution >= 4 is 5.97 Å². The molecule has 1 N–H and O–H groups in total. The summed E-state index contributed by atoms with van der Waals surface area (Å²) in [5.41, 5.74) is 1.21. The van der Waals surface area contributed by atoms with E-state index in [0.717, 1.165) is 31.6 Å². The van der Waals surface area contributed by atoms with Crippen molar-refractivity contribution in [3.63, 3.8) is 0 Å². The number of benzene rings is 1. The Hall–Kier alpha value is -1.55. The van der Waals surface area contributed by atoms with Crippen molar-refractivity contribution in [1.29, 1.82) is 0 Å². The molecule has 1 saturated heterocycles. The Morgan fingerprint density at radius 2 is 2.26 bits per heavy atom. The third-order valence-corrected chi connectivity index (χ3v) is 3.76. The first kappa shape index (κ1) is 13.9. The first-order valence-electron chi connectivity index (χ1n) is 6.78. The Balaban J connectivity index is 1.98. The van der Waals surface area contributed by atoms with E-state index in [2.05, 4.69) is 11.0 Å². The van der Waals surface area contributed by atoms with Crippen molar-refractivity contribution in [1.82, 2.24) is 4.90 Å². The predicted octanol–water partition coefficient (Wildman–Crippen LogP) is 2.18. The van der Waals surface area contributed by atoms with E-state index >= 15 is 0 Å². The van der Waals surface area contributed by atoms with Gasteiger partial charge in [0.1, 0.15) is 5.75 Å². The molecule has 0 radical (unpaired) electrons. The summed E-state index contributed by atoms with van der Waals surface area (Å²) >= 11 is 0. The minimum absolute atomic E-state index is 0.225. The lowest BCUT2D eigenvalue weighted by molar-refractivity contribution is -0.137. The topological polar surface area (TPSA) is 49.8 Å². The van der Waals surface area contributed by atoms with Gasteiger partial charge in [-0.05, 0) is 37.4 Å². The van der Waals surface area contributed by atoms with Crippen LogP contribution in [-0.2, 0) is 11.2 Å². The molecule has 1 aromatic rings. The molecule has 0 spiro atoms. The molecule has 0 aromatic heterocycles. The highest BCUT2D eigenvalue weighted by Gasteiger charge is 2.25. The largest absolute Gasteiger partial charge is 0.496 e. The van der Waals surface area contributed by atoms with E-state index < -0.39 is 5.97 Å². The maximum absolute atomic E-state index is 10.7. The van der Waals surface area contributed by atoms with Crippen LogP contribution in [-0.4, -0.2) is 42.2 Å². The normalized spacial score (nSPS) is 19.5. The van der Waals surface area contributed by atoms with Gasteiger partial charge in [-0.25, -0.2) is 0 Å². The van der Waals surface area contributed by atoms with Crippen LogP contribution in [0.4, 0.5) is 0 Å². The number of para-hydroxylation sites is 1. The quantitative estimate of drug-likeness (QED) is 0.854. The fourth-order valence-corrected chi connectivity index (χ4v) is 2.79. The molecule has 2 rings (SSSR count). The van der Waals surface area contributed by atoms with E-state index in [0.29, 0.717) is 12.6 Å². The van der Waals surface area contributed by atoms with Crippen molar-refractivity contribution in [2.75, 3.05) is 20.2 Å². The zero-order chi connectivity index (χ0) is 13.7. The molecule has 1 aromatic carbocycles. The Morgan fingerprint density at radius 1 is 1.47 bits per heavy atom. The average molecular weight is 263 g/mol. The summed E-state index contributed by atoms with van der Waals surface area (Å²) < 4.78 is 5.38. The van der Waals surface area contributed by atoms with Crippen LogP contribution in [0, 0.1) is 0 Å². The Morgan fingerprint density at radius 3 is 3.00 bits per heavy atom. The first-order valence-corrected chi connectivity index (χ1v) is 6.78. The van der Waals surface area contributed by atoms with Crippen molar-refractivity contribution in [2.24, 2.45) is 0 Å². The molecule has 1 atom stereocenters. The fraction of sp³-hybridized carbons (Fsp3) is 0.533. The van der Waals surface area contributed by atoms with Gasteiger partial charge in [0.15, 0.2) is 0 Å². The second-order valence-electron chi connectivity index (χ2n) is 4.99. The number of hydrogen-bond donors (Lipinski definition) is 1. The molecule has 104 valence electrons. The van der Waals surface area contributed by atoms with Gasteiger partial charge in [-0.15, -0.1) is 0 Å². The molecule has 1 heterocycles. The van der Waals surface area contributed by atoms with Gasteiger partial charge in [0.25, 0.3) is 0 Å². The number of carboxylic acids is 1. The summed E-state index contributed by atoms with van der Waals surface area (Å²) in [5.74, 6) is 0.204. The highest BCUT2D eigenvalue weighted by Crippen LogP contribution is 2.25. The zero-order valence-corrected chi connectivity index (χ0v) is 11.3. The Kier molecular flexibility index (Phi) is 4.80. The van der Waals surface area contributed by atoms with Crippen LogP contribution in [0.1, 0.15) is 24.8 Å². The smallest absolute Gasteiger partial charge is 0.304 e. The average Bonchev–Trinajstić information content (AvgIpc) is 2.84. The van der Waals surface area contributed by atoms with Gasteiger partial charge in [-0.3, -0.25) is 9.69 Å². The summed E-state index contributed by atoms with van der Waals surface area (Å²) in [6, 6.07) is 8.50. The molecule has 1 aliphatic rings. The van der Waals surface area contributed by atoms with Gasteiger partial charge in [-0.2, -0.15) is 0 Å². The minimum atomic E-state index is -0.719. The number of methoxy groups -OCH3 is 1. The minimum Gasteiger partial charge on any atom is -0.496 e. The van der Waals surface area contributed by atoms with E-state index in [1.165, 1.54) is 5.56 Å². The van der Waals surface area contributed by atoms with E-state index in [4.69, 9.17) is 9.84 Å². The van der Waals surface area contributed by atoms with Crippen LogP contribution in [0.2, 0.25) is 0 Å². The lowest BCUT2D eigenvalue weighted by atomic mass is 10.0. The van der Waals surface area contributed by atoms with Crippen LogP contribution in [0.5, 0.6) is 5.75 Å². The van der Waals surface area contributed by atoms with Gasteiger partial charge in [0.2, 0.25) is 0 Å². The van der Waals surface area contributed by atoms with Crippen molar-refractivity contribution in [3.05, 3.63) is 29.8 Å². The van der Waals surface area contributed by atoms with Gasteiger partial charge >= 0.3 is 5.97 Å². The number of nitrogens with zero attached hydrogens (tertiary/aromatic N) is 1. The molecule has 1 aliphatic heterocycles. The molecule has 0 bridgehead atoms. The van der Waals surface area contributed by atoms with Crippen molar-refractivity contribution < 1.29 is 14.6 Å². The highest BCUT2D eigenvalue weighted by molar-refractivity contribution is 5.66. The SMILES string of the molecule is COc1ccccc1C[C@@H]1CCCN1CCC(=O)O. The van der Waals surface area contributed by atoms with Gasteiger partial charge in [0, 0.05) is 12.6 Å². The molecular weight excluding hydrogens is 242 g/mol. The van der Waals surface area contributed by atoms with Crippen LogP contribution in [0.15, 0.2) is 24.3 Å². The van der Waals surface area contributed by atoms with E-state index in [-0.39, 0.29) is 6.42 Å². The maximum Gasteiger partial charge on any atom is 0.304 e. The second kappa shape index (κ2) is 6.57. The Bertz CT molecular complexity index is 433. The summed E-state index contributed by atoms with van der Waals surface area (Å²) in [7, 11) is 1.69. The summed E-state index contributed by atoms with van der Waals surface area (Å²) in [6.45, 7) is 1.66. The number of aliphatic carboxylic acids is 1. The fourth-order valence-electron chi connectivity index (χ4n) is 2.79. The molecule has 4 heteroatoms. The van der Waals surface area contributed by atoms with E-state index in [1.807, 2.05) is 18.2 Å². The van der Waals surface area contributed by atoms with E-state index in [1.54, 1.807) is 7.11 Å². The summed E-state index contributed by atoms with van der Waals surface area (Å²) in [4.78, 5) is 13.0. The molecule has 4 nitrogen and oxygen atoms in total. The number of likely N-dealkylation sites (tertiary alicyclic amines) is 1. The number of hydrogen-bond acceptors (Lipinski definition) is 3. The van der Waals surface area contributed by atoms with Crippen LogP contribution < -0.4 is 4.74 Å². The first-order chi connectivity index (χ1) is 9.20. The number of rotatable bonds is 6. The van der Waals surface area contributed by atoms with Crippen molar-refractivity contribution in [3.8, 4) is 5.75 Å². The van der Waals surface area contributed by atoms with Gasteiger partial charge in [0.05, 0.1) is 13.5 Å². The molecule has 0 aliphatic carbocycles. The summed E-state index contributed by atoms with van der Waals surface area (Å²) in [6.07, 6.45) is 3.45. The molecule has 1 fully saturated rings. The van der Waals surface area contributed by atoms with Crippen molar-refractivity contribution in [2.45, 2.75) is 31.7 Å². The molecular formula is C15H21NO3. The van der Waals surface area contributed by atoms with Gasteiger partial charge < -0.3 is 9.84 Å². The van der Waals surface area contributed by atoms with Crippen LogP contribution in [0.3, 0.4) is 0 Å². The molecule has 0 amide bonds. The summed E-state index contributed by atoms with van der Waals surface area (Å²) in [5, 5.41) is 8.79. The highest BCUT2D eigenvalue weighted by atomic mass is 16.5. The van der Waals surface area contributed by atoms with Gasteiger partial charge in [-0.1, -0.05) is 18.2 Å². The zero-order valence-electron chi connectivity index (χ0n) is 11.3. The number of ether oxygens (including phenoxy) is 1. The number of carboxylic acid groups (broad SMARTS) is 1. The predicted molar refractivity (Wildman–Crippen MR) is 73.5 cm³/mol. The number of carbonyl (C=O) groups is 1. The lowest BCUT2D eigenvalue weighted by Crippen LogP contribution is -2.33. The second-order valence-corrected chi connectivity index (χ2v) is 4.99. The van der Waals surface area contributed by atoms with Crippen LogP contribution >= 0.6 is 0 Å². The molecule has 19 heavy (non-hydrogen) atoms. The lowest BCUT2D eigenvalue weighted by Gasteiger charge is -2.24. The van der Waals surface area contributed by atoms with Crippen LogP contribution in [0.25, 0.3) is 0 Å². The molecule has 0 unspecified atom stereocenters. The standard InChI is InChI=1S/C15H21NO3/c1-19-14-7-3-2-5-12(14)11-13-6-4-9-16(13)10-8-15(17)18/h2-3,5,7,13H,4,6,8-11H2,1H3,(H,17,18)/t13-/m0/s1. The monoisotopic (exact) mass is 263 g/mol. The third-order valence-electron chi connectivity index (χ3n) is 3.76. The van der Waals surface area contributed by atoms with E-state index in [9.17, 15) is 4.79 Å². The molecule has 0 saturated carbocycles. The maximum atomic E-state index is 10.7.